The minimum Gasteiger partial charge on any atom is -0.484 e. The SMILES string of the molecule is Cc1ccc(OCC(=O)N2CCC[C@@H]2c2nc(-c3cccc(C)c3)no2)cc1. The lowest BCUT2D eigenvalue weighted by atomic mass is 10.1. The van der Waals surface area contributed by atoms with Crippen LogP contribution in [0.4, 0.5) is 0 Å². The van der Waals surface area contributed by atoms with Gasteiger partial charge in [0.25, 0.3) is 5.91 Å². The summed E-state index contributed by atoms with van der Waals surface area (Å²) < 4.78 is 11.2. The first kappa shape index (κ1) is 18.2. The van der Waals surface area contributed by atoms with Gasteiger partial charge in [0.1, 0.15) is 11.8 Å². The van der Waals surface area contributed by atoms with E-state index in [-0.39, 0.29) is 18.6 Å². The van der Waals surface area contributed by atoms with Crippen LogP contribution in [0.3, 0.4) is 0 Å². The Morgan fingerprint density at radius 1 is 1.18 bits per heavy atom. The van der Waals surface area contributed by atoms with E-state index in [0.717, 1.165) is 29.5 Å². The van der Waals surface area contributed by atoms with Crippen LogP contribution in [-0.2, 0) is 4.79 Å². The fraction of sp³-hybridized carbons (Fsp3) is 0.318. The Morgan fingerprint density at radius 3 is 2.79 bits per heavy atom. The van der Waals surface area contributed by atoms with Gasteiger partial charge in [-0.25, -0.2) is 0 Å². The number of aromatic nitrogens is 2. The van der Waals surface area contributed by atoms with Gasteiger partial charge in [0.15, 0.2) is 6.61 Å². The molecule has 1 fully saturated rings. The molecule has 0 radical (unpaired) electrons. The molecule has 1 aliphatic rings. The first-order valence-electron chi connectivity index (χ1n) is 9.50. The van der Waals surface area contributed by atoms with Crippen molar-refractivity contribution in [3.8, 4) is 17.1 Å². The molecule has 0 spiro atoms. The van der Waals surface area contributed by atoms with Gasteiger partial charge in [-0.15, -0.1) is 0 Å². The van der Waals surface area contributed by atoms with Gasteiger partial charge in [-0.05, 0) is 44.9 Å². The van der Waals surface area contributed by atoms with Crippen molar-refractivity contribution in [2.75, 3.05) is 13.2 Å². The summed E-state index contributed by atoms with van der Waals surface area (Å²) in [7, 11) is 0. The second kappa shape index (κ2) is 7.84. The second-order valence-corrected chi connectivity index (χ2v) is 7.17. The smallest absolute Gasteiger partial charge is 0.261 e. The van der Waals surface area contributed by atoms with Crippen molar-refractivity contribution in [1.82, 2.24) is 15.0 Å². The van der Waals surface area contributed by atoms with Crippen LogP contribution in [0.5, 0.6) is 5.75 Å². The Hall–Kier alpha value is -3.15. The molecular formula is C22H23N3O3. The minimum absolute atomic E-state index is 0.00155. The number of aryl methyl sites for hydroxylation is 2. The van der Waals surface area contributed by atoms with E-state index in [1.54, 1.807) is 4.90 Å². The van der Waals surface area contributed by atoms with Gasteiger partial charge in [-0.1, -0.05) is 46.6 Å². The molecule has 0 bridgehead atoms. The highest BCUT2D eigenvalue weighted by atomic mass is 16.5. The van der Waals surface area contributed by atoms with E-state index in [2.05, 4.69) is 10.1 Å². The maximum absolute atomic E-state index is 12.7. The van der Waals surface area contributed by atoms with Crippen LogP contribution in [0, 0.1) is 13.8 Å². The molecule has 1 amide bonds. The van der Waals surface area contributed by atoms with Crippen LogP contribution in [0.2, 0.25) is 0 Å². The number of carbonyl (C=O) groups is 1. The highest BCUT2D eigenvalue weighted by Crippen LogP contribution is 2.32. The molecule has 2 heterocycles. The van der Waals surface area contributed by atoms with Crippen LogP contribution in [-0.4, -0.2) is 34.1 Å². The summed E-state index contributed by atoms with van der Waals surface area (Å²) in [5, 5.41) is 4.11. The summed E-state index contributed by atoms with van der Waals surface area (Å²) in [6.45, 7) is 4.70. The van der Waals surface area contributed by atoms with Crippen LogP contribution in [0.15, 0.2) is 53.1 Å². The number of ether oxygens (including phenoxy) is 1. The van der Waals surface area contributed by atoms with Crippen LogP contribution < -0.4 is 4.74 Å². The number of hydrogen-bond donors (Lipinski definition) is 0. The zero-order valence-electron chi connectivity index (χ0n) is 16.1. The summed E-state index contributed by atoms with van der Waals surface area (Å²) in [4.78, 5) is 19.0. The minimum atomic E-state index is -0.194. The van der Waals surface area contributed by atoms with Crippen molar-refractivity contribution < 1.29 is 14.1 Å². The third kappa shape index (κ3) is 3.91. The molecule has 28 heavy (non-hydrogen) atoms. The molecule has 1 aromatic heterocycles. The number of amides is 1. The molecule has 3 aromatic rings. The van der Waals surface area contributed by atoms with Gasteiger partial charge < -0.3 is 14.2 Å². The summed E-state index contributed by atoms with van der Waals surface area (Å²) in [5.41, 5.74) is 3.20. The Kier molecular flexibility index (Phi) is 5.10. The van der Waals surface area contributed by atoms with E-state index in [4.69, 9.17) is 9.26 Å². The fourth-order valence-electron chi connectivity index (χ4n) is 3.46. The van der Waals surface area contributed by atoms with Crippen molar-refractivity contribution in [3.63, 3.8) is 0 Å². The van der Waals surface area contributed by atoms with Crippen molar-refractivity contribution in [2.24, 2.45) is 0 Å². The molecule has 144 valence electrons. The van der Waals surface area contributed by atoms with E-state index >= 15 is 0 Å². The molecule has 0 unspecified atom stereocenters. The molecule has 6 heteroatoms. The van der Waals surface area contributed by atoms with Crippen molar-refractivity contribution >= 4 is 5.91 Å². The molecule has 1 atom stereocenters. The zero-order valence-corrected chi connectivity index (χ0v) is 16.1. The first-order chi connectivity index (χ1) is 13.6. The zero-order chi connectivity index (χ0) is 19.5. The number of rotatable bonds is 5. The molecule has 1 aliphatic heterocycles. The van der Waals surface area contributed by atoms with Gasteiger partial charge in [0.05, 0.1) is 0 Å². The Bertz CT molecular complexity index is 965. The molecule has 0 N–H and O–H groups in total. The van der Waals surface area contributed by atoms with E-state index in [1.165, 1.54) is 0 Å². The lowest BCUT2D eigenvalue weighted by Gasteiger charge is -2.21. The maximum Gasteiger partial charge on any atom is 0.261 e. The van der Waals surface area contributed by atoms with Gasteiger partial charge in [0.2, 0.25) is 11.7 Å². The fourth-order valence-corrected chi connectivity index (χ4v) is 3.46. The molecule has 2 aromatic carbocycles. The lowest BCUT2D eigenvalue weighted by molar-refractivity contribution is -0.134. The molecule has 4 rings (SSSR count). The summed E-state index contributed by atoms with van der Waals surface area (Å²) in [6, 6.07) is 15.4. The van der Waals surface area contributed by atoms with Gasteiger partial charge >= 0.3 is 0 Å². The highest BCUT2D eigenvalue weighted by Gasteiger charge is 2.34. The number of benzene rings is 2. The number of carbonyl (C=O) groups excluding carboxylic acids is 1. The number of hydrogen-bond acceptors (Lipinski definition) is 5. The third-order valence-electron chi connectivity index (χ3n) is 4.96. The van der Waals surface area contributed by atoms with Crippen molar-refractivity contribution in [2.45, 2.75) is 32.7 Å². The lowest BCUT2D eigenvalue weighted by Crippen LogP contribution is -2.34. The third-order valence-corrected chi connectivity index (χ3v) is 4.96. The predicted molar refractivity (Wildman–Crippen MR) is 105 cm³/mol. The van der Waals surface area contributed by atoms with Crippen LogP contribution in [0.25, 0.3) is 11.4 Å². The average Bonchev–Trinajstić information content (AvgIpc) is 3.36. The Balaban J connectivity index is 1.44. The van der Waals surface area contributed by atoms with Crippen LogP contribution >= 0.6 is 0 Å². The molecule has 0 saturated carbocycles. The highest BCUT2D eigenvalue weighted by molar-refractivity contribution is 5.78. The first-order valence-corrected chi connectivity index (χ1v) is 9.50. The van der Waals surface area contributed by atoms with Crippen LogP contribution in [0.1, 0.15) is 35.9 Å². The van der Waals surface area contributed by atoms with E-state index in [1.807, 2.05) is 62.4 Å². The molecule has 0 aliphatic carbocycles. The standard InChI is InChI=1S/C22H23N3O3/c1-15-8-10-18(11-9-15)27-14-20(26)25-12-4-7-19(25)22-23-21(24-28-22)17-6-3-5-16(2)13-17/h3,5-6,8-11,13,19H,4,7,12,14H2,1-2H3/t19-/m1/s1. The van der Waals surface area contributed by atoms with E-state index < -0.39 is 0 Å². The molecule has 6 nitrogen and oxygen atoms in total. The van der Waals surface area contributed by atoms with E-state index in [9.17, 15) is 4.79 Å². The maximum atomic E-state index is 12.7. The summed E-state index contributed by atoms with van der Waals surface area (Å²) in [6.07, 6.45) is 1.72. The molecular weight excluding hydrogens is 354 g/mol. The van der Waals surface area contributed by atoms with Gasteiger partial charge in [-0.3, -0.25) is 4.79 Å². The Labute approximate surface area is 164 Å². The molecule has 1 saturated heterocycles. The Morgan fingerprint density at radius 2 is 2.00 bits per heavy atom. The number of nitrogens with zero attached hydrogens (tertiary/aromatic N) is 3. The normalized spacial score (nSPS) is 16.4. The summed E-state index contributed by atoms with van der Waals surface area (Å²) >= 11 is 0. The van der Waals surface area contributed by atoms with Gasteiger partial charge in [-0.2, -0.15) is 4.98 Å². The van der Waals surface area contributed by atoms with Crippen molar-refractivity contribution in [3.05, 3.63) is 65.5 Å². The van der Waals surface area contributed by atoms with E-state index in [0.29, 0.717) is 24.0 Å². The topological polar surface area (TPSA) is 68.5 Å². The van der Waals surface area contributed by atoms with Crippen molar-refractivity contribution in [1.29, 1.82) is 0 Å². The quantitative estimate of drug-likeness (QED) is 0.670. The number of likely N-dealkylation sites (tertiary alicyclic amines) is 1. The largest absolute Gasteiger partial charge is 0.484 e. The predicted octanol–water partition coefficient (Wildman–Crippen LogP) is 4.10. The van der Waals surface area contributed by atoms with Gasteiger partial charge in [0, 0.05) is 12.1 Å². The monoisotopic (exact) mass is 377 g/mol. The second-order valence-electron chi connectivity index (χ2n) is 7.17. The summed E-state index contributed by atoms with van der Waals surface area (Å²) in [5.74, 6) is 1.65. The average molecular weight is 377 g/mol.